The van der Waals surface area contributed by atoms with Gasteiger partial charge in [0.2, 0.25) is 0 Å². The molecule has 2 atom stereocenters. The second kappa shape index (κ2) is 4.83. The van der Waals surface area contributed by atoms with Gasteiger partial charge in [-0.05, 0) is 24.1 Å². The smallest absolute Gasteiger partial charge is 0.347 e. The molecule has 3 rings (SSSR count). The fourth-order valence-electron chi connectivity index (χ4n) is 2.36. The minimum atomic E-state index is -1.10. The Balaban J connectivity index is 2.15. The Bertz CT molecular complexity index is 635. The van der Waals surface area contributed by atoms with Crippen molar-refractivity contribution in [2.75, 3.05) is 5.75 Å². The molecule has 0 radical (unpaired) electrons. The van der Waals surface area contributed by atoms with E-state index in [1.807, 2.05) is 35.9 Å². The standard InChI is InChI=1S/C14H15N3OS/c1-3-19(18)14-16-15-13-10(2)12-7-5-4-6-11(12)8-9-17(13)14/h4-10H,3H2,1-2H3. The molecular weight excluding hydrogens is 258 g/mol. The second-order valence-corrected chi connectivity index (χ2v) is 6.14. The first-order valence-corrected chi connectivity index (χ1v) is 7.64. The van der Waals surface area contributed by atoms with Gasteiger partial charge in [0.25, 0.3) is 0 Å². The van der Waals surface area contributed by atoms with E-state index in [0.29, 0.717) is 10.9 Å². The van der Waals surface area contributed by atoms with Gasteiger partial charge in [-0.25, -0.2) is 4.57 Å². The monoisotopic (exact) mass is 273 g/mol. The third kappa shape index (κ3) is 1.99. The van der Waals surface area contributed by atoms with Crippen LogP contribution in [0.3, 0.4) is 0 Å². The summed E-state index contributed by atoms with van der Waals surface area (Å²) in [4.78, 5) is 0. The van der Waals surface area contributed by atoms with E-state index in [-0.39, 0.29) is 5.92 Å². The first-order valence-electron chi connectivity index (χ1n) is 6.32. The average Bonchev–Trinajstić information content (AvgIpc) is 2.82. The minimum Gasteiger partial charge on any atom is -0.609 e. The highest BCUT2D eigenvalue weighted by Gasteiger charge is 2.26. The molecule has 0 spiro atoms. The zero-order valence-electron chi connectivity index (χ0n) is 10.9. The van der Waals surface area contributed by atoms with Crippen molar-refractivity contribution in [3.8, 4) is 0 Å². The van der Waals surface area contributed by atoms with Gasteiger partial charge in [0.05, 0.1) is 0 Å². The van der Waals surface area contributed by atoms with Gasteiger partial charge in [-0.2, -0.15) is 0 Å². The summed E-state index contributed by atoms with van der Waals surface area (Å²) in [7, 11) is 0. The van der Waals surface area contributed by atoms with Gasteiger partial charge < -0.3 is 4.55 Å². The molecule has 4 nitrogen and oxygen atoms in total. The third-order valence-electron chi connectivity index (χ3n) is 3.41. The van der Waals surface area contributed by atoms with Crippen LogP contribution in [0.4, 0.5) is 0 Å². The Morgan fingerprint density at radius 2 is 2.11 bits per heavy atom. The lowest BCUT2D eigenvalue weighted by Gasteiger charge is -2.11. The van der Waals surface area contributed by atoms with Crippen molar-refractivity contribution in [2.24, 2.45) is 0 Å². The van der Waals surface area contributed by atoms with Gasteiger partial charge in [0.1, 0.15) is 11.6 Å². The molecule has 19 heavy (non-hydrogen) atoms. The molecule has 1 aliphatic rings. The molecular formula is C14H15N3OS. The van der Waals surface area contributed by atoms with Crippen molar-refractivity contribution in [3.63, 3.8) is 0 Å². The number of fused-ring (bicyclic) bond motifs is 2. The molecule has 1 aromatic carbocycles. The molecule has 0 N–H and O–H groups in total. The van der Waals surface area contributed by atoms with Crippen LogP contribution in [-0.4, -0.2) is 25.1 Å². The topological polar surface area (TPSA) is 53.8 Å². The van der Waals surface area contributed by atoms with Crippen LogP contribution >= 0.6 is 0 Å². The van der Waals surface area contributed by atoms with Crippen LogP contribution in [0.25, 0.3) is 12.3 Å². The summed E-state index contributed by atoms with van der Waals surface area (Å²) in [5, 5.41) is 8.86. The summed E-state index contributed by atoms with van der Waals surface area (Å²) in [6.45, 7) is 3.99. The van der Waals surface area contributed by atoms with Crippen molar-refractivity contribution in [1.29, 1.82) is 0 Å². The fourth-order valence-corrected chi connectivity index (χ4v) is 3.12. The lowest BCUT2D eigenvalue weighted by atomic mass is 9.96. The Morgan fingerprint density at radius 1 is 1.32 bits per heavy atom. The molecule has 2 unspecified atom stereocenters. The maximum atomic E-state index is 12.0. The maximum Gasteiger partial charge on any atom is 0.347 e. The van der Waals surface area contributed by atoms with Crippen LogP contribution < -0.4 is 0 Å². The summed E-state index contributed by atoms with van der Waals surface area (Å²) < 4.78 is 13.9. The molecule has 1 aromatic heterocycles. The van der Waals surface area contributed by atoms with Crippen molar-refractivity contribution >= 4 is 23.5 Å². The Kier molecular flexibility index (Phi) is 3.16. The number of benzene rings is 1. The summed E-state index contributed by atoms with van der Waals surface area (Å²) >= 11 is -1.10. The Morgan fingerprint density at radius 3 is 2.89 bits per heavy atom. The van der Waals surface area contributed by atoms with E-state index in [0.717, 1.165) is 5.82 Å². The summed E-state index contributed by atoms with van der Waals surface area (Å²) in [5.74, 6) is 1.53. The van der Waals surface area contributed by atoms with E-state index < -0.39 is 11.2 Å². The summed E-state index contributed by atoms with van der Waals surface area (Å²) in [5.41, 5.74) is 2.40. The van der Waals surface area contributed by atoms with Crippen LogP contribution in [0, 0.1) is 0 Å². The van der Waals surface area contributed by atoms with Crippen molar-refractivity contribution in [3.05, 3.63) is 41.2 Å². The molecule has 1 aliphatic heterocycles. The van der Waals surface area contributed by atoms with Crippen molar-refractivity contribution < 1.29 is 4.55 Å². The number of nitrogens with zero attached hydrogens (tertiary/aromatic N) is 3. The predicted octanol–water partition coefficient (Wildman–Crippen LogP) is 2.50. The highest BCUT2D eigenvalue weighted by molar-refractivity contribution is 7.91. The van der Waals surface area contributed by atoms with Crippen molar-refractivity contribution in [1.82, 2.24) is 14.8 Å². The molecule has 0 amide bonds. The summed E-state index contributed by atoms with van der Waals surface area (Å²) in [6, 6.07) is 8.23. The normalized spacial score (nSPS) is 18.6. The molecule has 0 saturated carbocycles. The zero-order valence-corrected chi connectivity index (χ0v) is 11.7. The Hall–Kier alpha value is -1.59. The van der Waals surface area contributed by atoms with E-state index in [1.54, 1.807) is 0 Å². The van der Waals surface area contributed by atoms with E-state index >= 15 is 0 Å². The zero-order chi connectivity index (χ0) is 13.4. The number of rotatable bonds is 2. The van der Waals surface area contributed by atoms with E-state index in [1.165, 1.54) is 11.1 Å². The van der Waals surface area contributed by atoms with Gasteiger partial charge in [-0.3, -0.25) is 0 Å². The average molecular weight is 273 g/mol. The van der Waals surface area contributed by atoms with Gasteiger partial charge in [-0.1, -0.05) is 36.3 Å². The fraction of sp³-hybridized carbons (Fsp3) is 0.286. The third-order valence-corrected chi connectivity index (χ3v) is 4.62. The minimum absolute atomic E-state index is 0.140. The van der Waals surface area contributed by atoms with E-state index in [9.17, 15) is 4.55 Å². The number of hydrogen-bond acceptors (Lipinski definition) is 3. The van der Waals surface area contributed by atoms with Crippen LogP contribution in [0.15, 0.2) is 29.4 Å². The first kappa shape index (κ1) is 12.4. The van der Waals surface area contributed by atoms with Gasteiger partial charge in [-0.15, -0.1) is 5.10 Å². The molecule has 0 aliphatic carbocycles. The van der Waals surface area contributed by atoms with E-state index in [4.69, 9.17) is 0 Å². The lowest BCUT2D eigenvalue weighted by Crippen LogP contribution is -2.11. The molecule has 2 heterocycles. The molecule has 5 heteroatoms. The highest BCUT2D eigenvalue weighted by atomic mass is 32.2. The van der Waals surface area contributed by atoms with Crippen LogP contribution in [0.1, 0.15) is 36.7 Å². The highest BCUT2D eigenvalue weighted by Crippen LogP contribution is 2.31. The molecule has 98 valence electrons. The second-order valence-electron chi connectivity index (χ2n) is 4.51. The van der Waals surface area contributed by atoms with Crippen LogP contribution in [0.5, 0.6) is 0 Å². The quantitative estimate of drug-likeness (QED) is 0.790. The van der Waals surface area contributed by atoms with Crippen molar-refractivity contribution in [2.45, 2.75) is 24.9 Å². The molecule has 0 fully saturated rings. The first-order chi connectivity index (χ1) is 9.22. The maximum absolute atomic E-state index is 12.0. The number of hydrogen-bond donors (Lipinski definition) is 0. The SMILES string of the molecule is CC[S+]([O-])c1nnc2n1C=Cc1ccccc1C2C. The Labute approximate surface area is 115 Å². The van der Waals surface area contributed by atoms with E-state index in [2.05, 4.69) is 29.3 Å². The van der Waals surface area contributed by atoms with Crippen LogP contribution in [-0.2, 0) is 11.2 Å². The largest absolute Gasteiger partial charge is 0.609 e. The van der Waals surface area contributed by atoms with Crippen LogP contribution in [0.2, 0.25) is 0 Å². The number of aromatic nitrogens is 3. The molecule has 0 bridgehead atoms. The lowest BCUT2D eigenvalue weighted by molar-refractivity contribution is 0.584. The van der Waals surface area contributed by atoms with Gasteiger partial charge in [0.15, 0.2) is 0 Å². The van der Waals surface area contributed by atoms with Gasteiger partial charge in [0, 0.05) is 23.3 Å². The van der Waals surface area contributed by atoms with Gasteiger partial charge >= 0.3 is 5.16 Å². The predicted molar refractivity (Wildman–Crippen MR) is 76.2 cm³/mol. The summed E-state index contributed by atoms with van der Waals surface area (Å²) in [6.07, 6.45) is 3.95. The molecule has 0 saturated heterocycles. The molecule has 2 aromatic rings.